The molecule has 0 saturated heterocycles. The maximum Gasteiger partial charge on any atom is 0.573 e. The molecule has 35 heavy (non-hydrogen) atoms. The van der Waals surface area contributed by atoms with Gasteiger partial charge >= 0.3 is 6.36 Å². The maximum atomic E-state index is 12.9. The second-order valence-electron chi connectivity index (χ2n) is 8.54. The number of aromatic nitrogens is 4. The molecule has 186 valence electrons. The van der Waals surface area contributed by atoms with E-state index in [1.807, 2.05) is 12.1 Å². The van der Waals surface area contributed by atoms with Crippen LogP contribution in [0, 0.1) is 5.92 Å². The number of ketones is 1. The molecule has 1 saturated carbocycles. The van der Waals surface area contributed by atoms with E-state index in [4.69, 9.17) is 4.74 Å². The van der Waals surface area contributed by atoms with Crippen LogP contribution in [0.25, 0.3) is 0 Å². The Labute approximate surface area is 204 Å². The normalized spacial score (nSPS) is 19.3. The van der Waals surface area contributed by atoms with Crippen LogP contribution in [0.1, 0.15) is 59.0 Å². The molecule has 7 nitrogen and oxygen atoms in total. The lowest BCUT2D eigenvalue weighted by atomic mass is 9.79. The van der Waals surface area contributed by atoms with Crippen molar-refractivity contribution in [3.63, 3.8) is 0 Å². The summed E-state index contributed by atoms with van der Waals surface area (Å²) < 4.78 is 46.8. The Kier molecular flexibility index (Phi) is 8.07. The van der Waals surface area contributed by atoms with Gasteiger partial charge in [0.05, 0.1) is 12.1 Å². The van der Waals surface area contributed by atoms with Gasteiger partial charge < -0.3 is 9.47 Å². The third-order valence-electron chi connectivity index (χ3n) is 6.08. The zero-order valence-electron chi connectivity index (χ0n) is 19.1. The molecular weight excluding hydrogens is 481 g/mol. The smallest absolute Gasteiger partial charge is 0.406 e. The number of halogens is 3. The Morgan fingerprint density at radius 3 is 2.54 bits per heavy atom. The van der Waals surface area contributed by atoms with E-state index in [0.29, 0.717) is 16.8 Å². The summed E-state index contributed by atoms with van der Waals surface area (Å²) in [6.07, 6.45) is 0.873. The molecule has 2 heterocycles. The molecule has 1 aromatic carbocycles. The minimum Gasteiger partial charge on any atom is -0.406 e. The molecule has 4 rings (SSSR count). The number of carbonyl (C=O) groups is 1. The van der Waals surface area contributed by atoms with Gasteiger partial charge in [0.1, 0.15) is 21.9 Å². The summed E-state index contributed by atoms with van der Waals surface area (Å²) in [7, 11) is 1.34. The topological polar surface area (TPSA) is 87.1 Å². The maximum absolute atomic E-state index is 12.9. The van der Waals surface area contributed by atoms with Crippen LogP contribution >= 0.6 is 11.3 Å². The van der Waals surface area contributed by atoms with E-state index in [1.165, 1.54) is 36.6 Å². The third kappa shape index (κ3) is 7.04. The molecule has 1 unspecified atom stereocenters. The SMILES string of the molecule is COC(C(=O)Cc1nnc(CC2CCC(c3cccnn3)CC2)s1)c1cccc(OC(F)(F)F)c1. The zero-order valence-corrected chi connectivity index (χ0v) is 19.9. The second-order valence-corrected chi connectivity index (χ2v) is 9.69. The number of hydrogen-bond donors (Lipinski definition) is 0. The molecule has 2 aromatic heterocycles. The van der Waals surface area contributed by atoms with Gasteiger partial charge in [-0.25, -0.2) is 0 Å². The van der Waals surface area contributed by atoms with Crippen molar-refractivity contribution in [3.05, 3.63) is 63.9 Å². The number of alkyl halides is 3. The highest BCUT2D eigenvalue weighted by Gasteiger charge is 2.32. The summed E-state index contributed by atoms with van der Waals surface area (Å²) in [5.74, 6) is 0.219. The van der Waals surface area contributed by atoms with Crippen LogP contribution < -0.4 is 4.74 Å². The van der Waals surface area contributed by atoms with Crippen molar-refractivity contribution in [1.82, 2.24) is 20.4 Å². The average Bonchev–Trinajstić information content (AvgIpc) is 3.26. The molecule has 0 radical (unpaired) electrons. The van der Waals surface area contributed by atoms with Gasteiger partial charge in [-0.3, -0.25) is 4.79 Å². The lowest BCUT2D eigenvalue weighted by molar-refractivity contribution is -0.274. The van der Waals surface area contributed by atoms with Crippen molar-refractivity contribution in [2.45, 2.75) is 56.9 Å². The van der Waals surface area contributed by atoms with Gasteiger partial charge in [-0.2, -0.15) is 10.2 Å². The second kappa shape index (κ2) is 11.2. The van der Waals surface area contributed by atoms with Crippen LogP contribution in [0.15, 0.2) is 42.6 Å². The summed E-state index contributed by atoms with van der Waals surface area (Å²) in [6, 6.07) is 9.18. The Morgan fingerprint density at radius 2 is 1.86 bits per heavy atom. The lowest BCUT2D eigenvalue weighted by Crippen LogP contribution is -2.19. The molecule has 0 aliphatic heterocycles. The fourth-order valence-electron chi connectivity index (χ4n) is 4.45. The molecule has 1 aliphatic carbocycles. The van der Waals surface area contributed by atoms with Gasteiger partial charge in [0.2, 0.25) is 0 Å². The standard InChI is InChI=1S/C24H25F3N4O3S/c1-33-23(17-4-2-5-18(13-17)34-24(25,26)27)20(32)14-22-31-30-21(35-22)12-15-7-9-16(10-8-15)19-6-3-11-28-29-19/h2-6,11,13,15-16,23H,7-10,12,14H2,1H3. The Hall–Kier alpha value is -2.92. The predicted molar refractivity (Wildman–Crippen MR) is 122 cm³/mol. The molecule has 0 amide bonds. The van der Waals surface area contributed by atoms with Crippen molar-refractivity contribution in [2.24, 2.45) is 5.92 Å². The van der Waals surface area contributed by atoms with Gasteiger partial charge in [-0.05, 0) is 61.4 Å². The minimum atomic E-state index is -4.82. The van der Waals surface area contributed by atoms with E-state index in [0.717, 1.165) is 48.9 Å². The Morgan fingerprint density at radius 1 is 1.09 bits per heavy atom. The molecule has 3 aromatic rings. The number of rotatable bonds is 9. The predicted octanol–water partition coefficient (Wildman–Crippen LogP) is 5.24. The fraction of sp³-hybridized carbons (Fsp3) is 0.458. The quantitative estimate of drug-likeness (QED) is 0.392. The van der Waals surface area contributed by atoms with E-state index in [-0.39, 0.29) is 17.8 Å². The largest absolute Gasteiger partial charge is 0.573 e. The zero-order chi connectivity index (χ0) is 24.8. The van der Waals surface area contributed by atoms with Crippen LogP contribution in [0.4, 0.5) is 13.2 Å². The Balaban J connectivity index is 1.32. The van der Waals surface area contributed by atoms with Crippen molar-refractivity contribution in [2.75, 3.05) is 7.11 Å². The molecule has 1 fully saturated rings. The number of carbonyl (C=O) groups excluding carboxylic acids is 1. The summed E-state index contributed by atoms with van der Waals surface area (Å²) in [6.45, 7) is 0. The van der Waals surface area contributed by atoms with E-state index < -0.39 is 18.2 Å². The van der Waals surface area contributed by atoms with Crippen LogP contribution in [0.5, 0.6) is 5.75 Å². The van der Waals surface area contributed by atoms with Gasteiger partial charge in [0.15, 0.2) is 5.78 Å². The van der Waals surface area contributed by atoms with Gasteiger partial charge in [0, 0.05) is 25.6 Å². The van der Waals surface area contributed by atoms with E-state index in [1.54, 1.807) is 6.20 Å². The highest BCUT2D eigenvalue weighted by Crippen LogP contribution is 2.36. The molecule has 0 bridgehead atoms. The van der Waals surface area contributed by atoms with E-state index in [9.17, 15) is 18.0 Å². The fourth-order valence-corrected chi connectivity index (χ4v) is 5.42. The lowest BCUT2D eigenvalue weighted by Gasteiger charge is -2.27. The first-order chi connectivity index (χ1) is 16.8. The first-order valence-electron chi connectivity index (χ1n) is 11.3. The summed E-state index contributed by atoms with van der Waals surface area (Å²) >= 11 is 1.39. The van der Waals surface area contributed by atoms with Crippen LogP contribution in [-0.4, -0.2) is 39.7 Å². The number of nitrogens with zero attached hydrogens (tertiary/aromatic N) is 4. The van der Waals surface area contributed by atoms with Crippen molar-refractivity contribution in [3.8, 4) is 5.75 Å². The first-order valence-corrected chi connectivity index (χ1v) is 12.1. The number of benzene rings is 1. The van der Waals surface area contributed by atoms with Gasteiger partial charge in [-0.15, -0.1) is 34.7 Å². The molecule has 0 spiro atoms. The van der Waals surface area contributed by atoms with Gasteiger partial charge in [-0.1, -0.05) is 12.1 Å². The van der Waals surface area contributed by atoms with E-state index >= 15 is 0 Å². The Bertz CT molecular complexity index is 1120. The summed E-state index contributed by atoms with van der Waals surface area (Å²) in [5, 5.41) is 18.1. The highest BCUT2D eigenvalue weighted by atomic mass is 32.1. The first kappa shape index (κ1) is 25.2. The molecule has 1 aliphatic rings. The highest BCUT2D eigenvalue weighted by molar-refractivity contribution is 7.11. The number of ether oxygens (including phenoxy) is 2. The van der Waals surface area contributed by atoms with Crippen LogP contribution in [0.3, 0.4) is 0 Å². The monoisotopic (exact) mass is 506 g/mol. The summed E-state index contributed by atoms with van der Waals surface area (Å²) in [4.78, 5) is 12.9. The van der Waals surface area contributed by atoms with Crippen molar-refractivity contribution in [1.29, 1.82) is 0 Å². The molecule has 0 N–H and O–H groups in total. The minimum absolute atomic E-state index is 0.0139. The number of methoxy groups -OCH3 is 1. The van der Waals surface area contributed by atoms with Crippen LogP contribution in [-0.2, 0) is 22.4 Å². The van der Waals surface area contributed by atoms with E-state index in [2.05, 4.69) is 25.1 Å². The number of hydrogen-bond acceptors (Lipinski definition) is 8. The van der Waals surface area contributed by atoms with Crippen molar-refractivity contribution >= 4 is 17.1 Å². The number of Topliss-reactive ketones (excluding diaryl/α,β-unsaturated/α-hetero) is 1. The molecule has 1 atom stereocenters. The van der Waals surface area contributed by atoms with Crippen molar-refractivity contribution < 1.29 is 27.4 Å². The van der Waals surface area contributed by atoms with Crippen LogP contribution in [0.2, 0.25) is 0 Å². The third-order valence-corrected chi connectivity index (χ3v) is 7.02. The molecule has 11 heteroatoms. The van der Waals surface area contributed by atoms with Gasteiger partial charge in [0.25, 0.3) is 0 Å². The average molecular weight is 507 g/mol. The summed E-state index contributed by atoms with van der Waals surface area (Å²) in [5.41, 5.74) is 1.33. The molecular formula is C24H25F3N4O3S.